The summed E-state index contributed by atoms with van der Waals surface area (Å²) < 4.78 is 13.4. The summed E-state index contributed by atoms with van der Waals surface area (Å²) in [6.45, 7) is 4.81. The van der Waals surface area contributed by atoms with Gasteiger partial charge < -0.3 is 9.88 Å². The van der Waals surface area contributed by atoms with Gasteiger partial charge in [-0.15, -0.1) is 0 Å². The van der Waals surface area contributed by atoms with Gasteiger partial charge in [-0.2, -0.15) is 0 Å². The first kappa shape index (κ1) is 27.2. The van der Waals surface area contributed by atoms with Crippen LogP contribution in [0.3, 0.4) is 0 Å². The highest BCUT2D eigenvalue weighted by Gasteiger charge is 2.19. The van der Waals surface area contributed by atoms with Gasteiger partial charge in [0.25, 0.3) is 0 Å². The van der Waals surface area contributed by atoms with Crippen molar-refractivity contribution in [3.63, 3.8) is 0 Å². The lowest BCUT2D eigenvalue weighted by Crippen LogP contribution is -2.41. The standard InChI is InChI=1S/C30H32Cl2FN3O/c1-2-3-15-35(19-22-8-11-25(33)12-9-22)21-30(37)36(20-23-10-13-27(31)28(32)17-23)16-14-24-18-34-29-7-5-4-6-26(24)29/h4-13,17-18,34H,2-3,14-16,19-21H2,1H3. The van der Waals surface area contributed by atoms with E-state index in [1.165, 1.54) is 23.1 Å². The number of aromatic nitrogens is 1. The molecule has 3 aromatic carbocycles. The van der Waals surface area contributed by atoms with Gasteiger partial charge in [0.1, 0.15) is 5.82 Å². The van der Waals surface area contributed by atoms with E-state index in [0.29, 0.717) is 29.7 Å². The Hall–Kier alpha value is -2.86. The van der Waals surface area contributed by atoms with E-state index in [0.717, 1.165) is 42.5 Å². The average Bonchev–Trinajstić information content (AvgIpc) is 3.31. The molecule has 194 valence electrons. The molecular weight excluding hydrogens is 508 g/mol. The van der Waals surface area contributed by atoms with Gasteiger partial charge in [-0.25, -0.2) is 4.39 Å². The summed E-state index contributed by atoms with van der Waals surface area (Å²) in [4.78, 5) is 21.1. The zero-order chi connectivity index (χ0) is 26.2. The van der Waals surface area contributed by atoms with Crippen molar-refractivity contribution in [2.24, 2.45) is 0 Å². The smallest absolute Gasteiger partial charge is 0.237 e. The van der Waals surface area contributed by atoms with Crippen molar-refractivity contribution >= 4 is 40.0 Å². The van der Waals surface area contributed by atoms with Gasteiger partial charge in [-0.3, -0.25) is 9.69 Å². The maximum atomic E-state index is 13.7. The van der Waals surface area contributed by atoms with E-state index in [-0.39, 0.29) is 18.3 Å². The lowest BCUT2D eigenvalue weighted by molar-refractivity contribution is -0.133. The van der Waals surface area contributed by atoms with Crippen LogP contribution in [0.4, 0.5) is 4.39 Å². The largest absolute Gasteiger partial charge is 0.361 e. The highest BCUT2D eigenvalue weighted by atomic mass is 35.5. The number of nitrogens with zero attached hydrogens (tertiary/aromatic N) is 2. The first-order valence-electron chi connectivity index (χ1n) is 12.7. The number of halogens is 3. The van der Waals surface area contributed by atoms with Crippen LogP contribution in [-0.2, 0) is 24.3 Å². The Bertz CT molecular complexity index is 1320. The van der Waals surface area contributed by atoms with Crippen LogP contribution < -0.4 is 0 Å². The van der Waals surface area contributed by atoms with Crippen molar-refractivity contribution in [1.82, 2.24) is 14.8 Å². The highest BCUT2D eigenvalue weighted by molar-refractivity contribution is 6.42. The first-order valence-corrected chi connectivity index (χ1v) is 13.4. The normalized spacial score (nSPS) is 11.4. The summed E-state index contributed by atoms with van der Waals surface area (Å²) in [5, 5.41) is 2.14. The van der Waals surface area contributed by atoms with Crippen LogP contribution in [-0.4, -0.2) is 40.3 Å². The number of fused-ring (bicyclic) bond motifs is 1. The summed E-state index contributed by atoms with van der Waals surface area (Å²) in [5.41, 5.74) is 4.18. The van der Waals surface area contributed by atoms with E-state index in [2.05, 4.69) is 28.9 Å². The van der Waals surface area contributed by atoms with Gasteiger partial charge in [-0.1, -0.05) is 72.9 Å². The van der Waals surface area contributed by atoms with Crippen molar-refractivity contribution in [3.05, 3.63) is 105 Å². The lowest BCUT2D eigenvalue weighted by Gasteiger charge is -2.28. The van der Waals surface area contributed by atoms with Gasteiger partial charge in [0.05, 0.1) is 16.6 Å². The molecule has 0 aliphatic carbocycles. The molecule has 0 aliphatic rings. The van der Waals surface area contributed by atoms with Crippen molar-refractivity contribution in [1.29, 1.82) is 0 Å². The molecule has 7 heteroatoms. The molecule has 1 heterocycles. The van der Waals surface area contributed by atoms with Crippen molar-refractivity contribution < 1.29 is 9.18 Å². The quantitative estimate of drug-likeness (QED) is 0.202. The Morgan fingerprint density at radius 3 is 2.43 bits per heavy atom. The third kappa shape index (κ3) is 7.57. The Labute approximate surface area is 228 Å². The first-order chi connectivity index (χ1) is 17.9. The lowest BCUT2D eigenvalue weighted by atomic mass is 10.1. The third-order valence-electron chi connectivity index (χ3n) is 6.54. The molecule has 0 aliphatic heterocycles. The monoisotopic (exact) mass is 539 g/mol. The minimum absolute atomic E-state index is 0.0455. The molecule has 1 amide bonds. The number of carbonyl (C=O) groups excluding carboxylic acids is 1. The molecule has 0 atom stereocenters. The fraction of sp³-hybridized carbons (Fsp3) is 0.300. The Morgan fingerprint density at radius 1 is 0.919 bits per heavy atom. The molecule has 0 bridgehead atoms. The molecule has 0 spiro atoms. The van der Waals surface area contributed by atoms with Crippen molar-refractivity contribution in [2.45, 2.75) is 39.3 Å². The van der Waals surface area contributed by atoms with E-state index < -0.39 is 0 Å². The zero-order valence-corrected chi connectivity index (χ0v) is 22.5. The SMILES string of the molecule is CCCCN(CC(=O)N(CCc1c[nH]c2ccccc12)Cc1ccc(Cl)c(Cl)c1)Cc1ccc(F)cc1. The van der Waals surface area contributed by atoms with Crippen molar-refractivity contribution in [3.8, 4) is 0 Å². The van der Waals surface area contributed by atoms with Crippen LogP contribution in [0.5, 0.6) is 0 Å². The van der Waals surface area contributed by atoms with E-state index in [9.17, 15) is 9.18 Å². The van der Waals surface area contributed by atoms with Gasteiger partial charge in [0.2, 0.25) is 5.91 Å². The van der Waals surface area contributed by atoms with Gasteiger partial charge in [-0.05, 0) is 66.4 Å². The number of carbonyl (C=O) groups is 1. The molecule has 37 heavy (non-hydrogen) atoms. The number of para-hydroxylation sites is 1. The number of amides is 1. The number of H-pyrrole nitrogens is 1. The number of aromatic amines is 1. The maximum Gasteiger partial charge on any atom is 0.237 e. The summed E-state index contributed by atoms with van der Waals surface area (Å²) in [6.07, 6.45) is 4.76. The van der Waals surface area contributed by atoms with Crippen LogP contribution in [0, 0.1) is 5.82 Å². The number of benzene rings is 3. The molecule has 0 unspecified atom stereocenters. The van der Waals surface area contributed by atoms with E-state index in [1.54, 1.807) is 18.2 Å². The summed E-state index contributed by atoms with van der Waals surface area (Å²) in [7, 11) is 0. The summed E-state index contributed by atoms with van der Waals surface area (Å²) in [5.74, 6) is -0.214. The van der Waals surface area contributed by atoms with Gasteiger partial charge >= 0.3 is 0 Å². The number of rotatable bonds is 12. The fourth-order valence-electron chi connectivity index (χ4n) is 4.48. The van der Waals surface area contributed by atoms with Gasteiger partial charge in [0, 0.05) is 36.7 Å². The van der Waals surface area contributed by atoms with Crippen LogP contribution >= 0.6 is 23.2 Å². The van der Waals surface area contributed by atoms with Crippen LogP contribution in [0.2, 0.25) is 10.0 Å². The maximum absolute atomic E-state index is 13.7. The molecule has 4 rings (SSSR count). The Kier molecular flexibility index (Phi) is 9.62. The van der Waals surface area contributed by atoms with E-state index in [4.69, 9.17) is 23.2 Å². The van der Waals surface area contributed by atoms with Crippen LogP contribution in [0.1, 0.15) is 36.5 Å². The van der Waals surface area contributed by atoms with Crippen LogP contribution in [0.25, 0.3) is 10.9 Å². The predicted octanol–water partition coefficient (Wildman–Crippen LogP) is 7.49. The molecule has 0 radical (unpaired) electrons. The summed E-state index contributed by atoms with van der Waals surface area (Å²) >= 11 is 12.4. The molecule has 1 aromatic heterocycles. The second kappa shape index (κ2) is 13.1. The molecular formula is C30H32Cl2FN3O. The molecule has 0 saturated carbocycles. The van der Waals surface area contributed by atoms with E-state index >= 15 is 0 Å². The third-order valence-corrected chi connectivity index (χ3v) is 7.28. The minimum Gasteiger partial charge on any atom is -0.361 e. The predicted molar refractivity (Wildman–Crippen MR) is 150 cm³/mol. The fourth-order valence-corrected chi connectivity index (χ4v) is 4.80. The Morgan fingerprint density at radius 2 is 1.68 bits per heavy atom. The summed E-state index contributed by atoms with van der Waals surface area (Å²) in [6, 6.07) is 20.2. The highest BCUT2D eigenvalue weighted by Crippen LogP contribution is 2.24. The zero-order valence-electron chi connectivity index (χ0n) is 21.0. The molecule has 4 aromatic rings. The van der Waals surface area contributed by atoms with Gasteiger partial charge in [0.15, 0.2) is 0 Å². The minimum atomic E-state index is -0.259. The topological polar surface area (TPSA) is 39.3 Å². The molecule has 1 N–H and O–H groups in total. The second-order valence-electron chi connectivity index (χ2n) is 9.36. The van der Waals surface area contributed by atoms with Crippen molar-refractivity contribution in [2.75, 3.05) is 19.6 Å². The molecule has 0 saturated heterocycles. The number of hydrogen-bond acceptors (Lipinski definition) is 2. The molecule has 0 fully saturated rings. The number of nitrogens with one attached hydrogen (secondary N) is 1. The average molecular weight is 541 g/mol. The molecule has 4 nitrogen and oxygen atoms in total. The number of unbranched alkanes of at least 4 members (excludes halogenated alkanes) is 1. The van der Waals surface area contributed by atoms with Crippen LogP contribution in [0.15, 0.2) is 72.9 Å². The van der Waals surface area contributed by atoms with E-state index in [1.807, 2.05) is 35.4 Å². The number of hydrogen-bond donors (Lipinski definition) is 1. The Balaban J connectivity index is 1.52. The second-order valence-corrected chi connectivity index (χ2v) is 10.2.